The standard InChI is InChI=1S/C26H34N2O7Si/c1-28(2)20-15-11-13-10-14-12(8-9-36(3,4)5)6-7-16(29)18(14)21(30)17(13)23(32)26(15,35)24(33)19(22(20)31)25(27)34/h6-7,13,15,17,19-20,29,35H,8-11H2,1-5H3,(H2,27,34)/t13-,15-,17?,19?,20-,26-/m0/s1. The van der Waals surface area contributed by atoms with Crippen molar-refractivity contribution in [2.45, 2.75) is 56.6 Å². The van der Waals surface area contributed by atoms with Gasteiger partial charge in [-0.05, 0) is 56.5 Å². The Morgan fingerprint density at radius 3 is 2.33 bits per heavy atom. The zero-order valence-electron chi connectivity index (χ0n) is 21.3. The van der Waals surface area contributed by atoms with Gasteiger partial charge in [0, 0.05) is 14.0 Å². The van der Waals surface area contributed by atoms with Gasteiger partial charge < -0.3 is 15.9 Å². The zero-order chi connectivity index (χ0) is 26.9. The molecular formula is C26H34N2O7Si. The number of nitrogens with zero attached hydrogens (tertiary/aromatic N) is 1. The number of primary amides is 1. The van der Waals surface area contributed by atoms with Crippen LogP contribution >= 0.6 is 0 Å². The number of carbonyl (C=O) groups is 5. The predicted molar refractivity (Wildman–Crippen MR) is 133 cm³/mol. The topological polar surface area (TPSA) is 155 Å². The van der Waals surface area contributed by atoms with Gasteiger partial charge in [0.25, 0.3) is 0 Å². The molecule has 10 heteroatoms. The molecule has 1 aromatic carbocycles. The van der Waals surface area contributed by atoms with Crippen LogP contribution in [0.1, 0.15) is 27.9 Å². The van der Waals surface area contributed by atoms with E-state index < -0.39 is 72.4 Å². The number of benzene rings is 1. The lowest BCUT2D eigenvalue weighted by Gasteiger charge is -2.52. The smallest absolute Gasteiger partial charge is 0.235 e. The molecule has 2 fully saturated rings. The van der Waals surface area contributed by atoms with Crippen LogP contribution in [0.25, 0.3) is 0 Å². The second kappa shape index (κ2) is 8.71. The van der Waals surface area contributed by atoms with Gasteiger partial charge in [-0.2, -0.15) is 0 Å². The molecule has 0 aromatic heterocycles. The summed E-state index contributed by atoms with van der Waals surface area (Å²) in [5.74, 6) is -10.1. The van der Waals surface area contributed by atoms with Crippen molar-refractivity contribution in [2.75, 3.05) is 14.1 Å². The van der Waals surface area contributed by atoms with E-state index in [1.165, 1.54) is 11.0 Å². The highest BCUT2D eigenvalue weighted by Crippen LogP contribution is 2.51. The number of aromatic hydroxyl groups is 1. The van der Waals surface area contributed by atoms with Crippen LogP contribution in [0.2, 0.25) is 25.7 Å². The van der Waals surface area contributed by atoms with E-state index in [-0.39, 0.29) is 17.7 Å². The third-order valence-corrected chi connectivity index (χ3v) is 9.94. The van der Waals surface area contributed by atoms with Crippen LogP contribution < -0.4 is 5.73 Å². The van der Waals surface area contributed by atoms with Crippen molar-refractivity contribution < 1.29 is 34.2 Å². The normalized spacial score (nSPS) is 32.2. The summed E-state index contributed by atoms with van der Waals surface area (Å²) in [7, 11) is 1.74. The fourth-order valence-electron chi connectivity index (χ4n) is 6.41. The Morgan fingerprint density at radius 2 is 1.78 bits per heavy atom. The molecule has 3 aliphatic rings. The Hall–Kier alpha value is -2.69. The fourth-order valence-corrected chi connectivity index (χ4v) is 7.43. The Kier molecular flexibility index (Phi) is 6.38. The Morgan fingerprint density at radius 1 is 1.14 bits per heavy atom. The number of Topliss-reactive ketones (excluding diaryl/α,β-unsaturated/α-hetero) is 4. The first-order chi connectivity index (χ1) is 16.6. The fraction of sp³-hybridized carbons (Fsp3) is 0.577. The van der Waals surface area contributed by atoms with Gasteiger partial charge in [0.2, 0.25) is 5.91 Å². The van der Waals surface area contributed by atoms with E-state index >= 15 is 0 Å². The minimum Gasteiger partial charge on any atom is -0.507 e. The lowest BCUT2D eigenvalue weighted by Crippen LogP contribution is -2.74. The molecule has 194 valence electrons. The van der Waals surface area contributed by atoms with E-state index in [1.807, 2.05) is 6.07 Å². The molecule has 0 bridgehead atoms. The minimum absolute atomic E-state index is 0.0625. The van der Waals surface area contributed by atoms with E-state index in [2.05, 4.69) is 19.6 Å². The summed E-state index contributed by atoms with van der Waals surface area (Å²) in [5, 5.41) is 22.2. The van der Waals surface area contributed by atoms with E-state index in [1.54, 1.807) is 14.1 Å². The van der Waals surface area contributed by atoms with Crippen LogP contribution in [0.5, 0.6) is 5.75 Å². The molecule has 2 unspecified atom stereocenters. The highest BCUT2D eigenvalue weighted by atomic mass is 28.3. The summed E-state index contributed by atoms with van der Waals surface area (Å²) in [4.78, 5) is 67.4. The number of aryl methyl sites for hydroxylation is 1. The quantitative estimate of drug-likeness (QED) is 0.384. The number of amides is 1. The average molecular weight is 515 g/mol. The molecule has 0 aliphatic heterocycles. The summed E-state index contributed by atoms with van der Waals surface area (Å²) in [6.45, 7) is 6.75. The number of nitrogens with two attached hydrogens (primary N) is 1. The number of rotatable bonds is 5. The molecule has 0 saturated heterocycles. The monoisotopic (exact) mass is 514 g/mol. The lowest BCUT2D eigenvalue weighted by molar-refractivity contribution is -0.181. The average Bonchev–Trinajstić information content (AvgIpc) is 2.74. The molecule has 4 rings (SSSR count). The lowest BCUT2D eigenvalue weighted by atomic mass is 9.52. The number of ketones is 4. The number of hydrogen-bond acceptors (Lipinski definition) is 8. The van der Waals surface area contributed by atoms with Crippen molar-refractivity contribution in [3.05, 3.63) is 28.8 Å². The first kappa shape index (κ1) is 26.4. The summed E-state index contributed by atoms with van der Waals surface area (Å²) in [6, 6.07) is 3.16. The van der Waals surface area contributed by atoms with Crippen LogP contribution in [0, 0.1) is 23.7 Å². The van der Waals surface area contributed by atoms with Gasteiger partial charge in [0.05, 0.1) is 17.5 Å². The van der Waals surface area contributed by atoms with Crippen molar-refractivity contribution in [1.29, 1.82) is 0 Å². The van der Waals surface area contributed by atoms with Crippen molar-refractivity contribution in [1.82, 2.24) is 4.90 Å². The summed E-state index contributed by atoms with van der Waals surface area (Å²) in [5.41, 5.74) is 4.35. The van der Waals surface area contributed by atoms with Gasteiger partial charge in [-0.25, -0.2) is 0 Å². The van der Waals surface area contributed by atoms with Crippen molar-refractivity contribution in [3.63, 3.8) is 0 Å². The van der Waals surface area contributed by atoms with E-state index in [0.717, 1.165) is 18.0 Å². The van der Waals surface area contributed by atoms with Crippen molar-refractivity contribution in [2.24, 2.45) is 29.4 Å². The van der Waals surface area contributed by atoms with Crippen LogP contribution in [-0.4, -0.2) is 78.0 Å². The molecule has 36 heavy (non-hydrogen) atoms. The largest absolute Gasteiger partial charge is 0.507 e. The number of aliphatic hydroxyl groups is 1. The maximum atomic E-state index is 13.8. The summed E-state index contributed by atoms with van der Waals surface area (Å²) >= 11 is 0. The highest BCUT2D eigenvalue weighted by Gasteiger charge is 2.69. The second-order valence-corrected chi connectivity index (χ2v) is 17.6. The molecule has 1 aromatic rings. The second-order valence-electron chi connectivity index (χ2n) is 11.9. The number of phenols is 1. The molecule has 4 N–H and O–H groups in total. The maximum absolute atomic E-state index is 13.8. The van der Waals surface area contributed by atoms with Gasteiger partial charge in [-0.3, -0.25) is 28.9 Å². The number of phenolic OH excluding ortho intramolecular Hbond substituents is 1. The molecule has 0 radical (unpaired) electrons. The SMILES string of the molecule is CN(C)[C@@H]1C(=O)C(C(N)=O)C(=O)[C@@]2(O)C(=O)C3C(=O)c4c(O)ccc(CC[Si](C)(C)C)c4C[C@H]3C[C@@H]12. The first-order valence-corrected chi connectivity index (χ1v) is 16.0. The van der Waals surface area contributed by atoms with Gasteiger partial charge in [0.15, 0.2) is 34.7 Å². The molecule has 9 nitrogen and oxygen atoms in total. The van der Waals surface area contributed by atoms with Gasteiger partial charge >= 0.3 is 0 Å². The summed E-state index contributed by atoms with van der Waals surface area (Å²) < 4.78 is 0. The molecule has 1 amide bonds. The Bertz CT molecular complexity index is 1190. The van der Waals surface area contributed by atoms with E-state index in [9.17, 15) is 34.2 Å². The summed E-state index contributed by atoms with van der Waals surface area (Å²) in [6.07, 6.45) is 1.11. The van der Waals surface area contributed by atoms with Gasteiger partial charge in [0.1, 0.15) is 5.75 Å². The first-order valence-electron chi connectivity index (χ1n) is 12.3. The zero-order valence-corrected chi connectivity index (χ0v) is 22.3. The molecule has 2 saturated carbocycles. The van der Waals surface area contributed by atoms with Crippen LogP contribution in [0.4, 0.5) is 0 Å². The third kappa shape index (κ3) is 3.86. The van der Waals surface area contributed by atoms with Crippen molar-refractivity contribution in [3.8, 4) is 5.75 Å². The number of hydrogen-bond donors (Lipinski definition) is 3. The maximum Gasteiger partial charge on any atom is 0.235 e. The molecule has 0 spiro atoms. The van der Waals surface area contributed by atoms with E-state index in [4.69, 9.17) is 5.73 Å². The molecule has 3 aliphatic carbocycles. The van der Waals surface area contributed by atoms with E-state index in [0.29, 0.717) is 12.0 Å². The number of carbonyl (C=O) groups excluding carboxylic acids is 5. The Labute approximate surface area is 211 Å². The minimum atomic E-state index is -2.69. The van der Waals surface area contributed by atoms with Crippen LogP contribution in [0.15, 0.2) is 12.1 Å². The van der Waals surface area contributed by atoms with Gasteiger partial charge in [-0.1, -0.05) is 31.8 Å². The highest BCUT2D eigenvalue weighted by molar-refractivity contribution is 6.76. The predicted octanol–water partition coefficient (Wildman–Crippen LogP) is 0.748. The molecular weight excluding hydrogens is 480 g/mol. The molecule has 0 heterocycles. The van der Waals surface area contributed by atoms with Crippen LogP contribution in [0.3, 0.4) is 0 Å². The van der Waals surface area contributed by atoms with Crippen LogP contribution in [-0.2, 0) is 32.0 Å². The number of fused-ring (bicyclic) bond motifs is 3. The Balaban J connectivity index is 1.82. The van der Waals surface area contributed by atoms with Crippen molar-refractivity contribution >= 4 is 37.1 Å². The van der Waals surface area contributed by atoms with Gasteiger partial charge in [-0.15, -0.1) is 0 Å². The number of likely N-dealkylation sites (N-methyl/N-ethyl adjacent to an activating group) is 1. The molecule has 6 atom stereocenters. The third-order valence-electron chi connectivity index (χ3n) is 8.19.